The van der Waals surface area contributed by atoms with Crippen LogP contribution in [0.25, 0.3) is 0 Å². The molecule has 5 heteroatoms. The molecule has 114 valence electrons. The maximum Gasteiger partial charge on any atom is 0.347 e. The van der Waals surface area contributed by atoms with Crippen molar-refractivity contribution >= 4 is 0 Å². The molecule has 0 aromatic carbocycles. The van der Waals surface area contributed by atoms with Gasteiger partial charge in [0.05, 0.1) is 12.1 Å². The van der Waals surface area contributed by atoms with Gasteiger partial charge in [0.25, 0.3) is 0 Å². The highest BCUT2D eigenvalue weighted by Gasteiger charge is 2.64. The summed E-state index contributed by atoms with van der Waals surface area (Å²) in [5, 5.41) is 0. The Hall–Kier alpha value is -2.04. The van der Waals surface area contributed by atoms with Crippen LogP contribution in [-0.2, 0) is 7.05 Å². The minimum Gasteiger partial charge on any atom is -0.246 e. The Kier molecular flexibility index (Phi) is 2.07. The van der Waals surface area contributed by atoms with Crippen LogP contribution in [0.2, 0.25) is 0 Å². The fourth-order valence-corrected chi connectivity index (χ4v) is 5.51. The molecule has 5 aliphatic rings. The fraction of sp³-hybridized carbons (Fsp3) is 0.529. The molecule has 1 aromatic rings. The quantitative estimate of drug-likeness (QED) is 0.684. The number of hydrogen-bond donors (Lipinski definition) is 0. The molecule has 3 aliphatic carbocycles. The van der Waals surface area contributed by atoms with Gasteiger partial charge in [-0.15, -0.1) is 0 Å². The molecule has 2 bridgehead atoms. The normalized spacial score (nSPS) is 40.4. The van der Waals surface area contributed by atoms with Gasteiger partial charge in [0.1, 0.15) is 0 Å². The van der Waals surface area contributed by atoms with Crippen LogP contribution in [0.4, 0.5) is 0 Å². The zero-order valence-electron chi connectivity index (χ0n) is 12.6. The standard InChI is InChI=1S/C17H19N3O2/c1-18-14(21)19-12-6-7-13(20(19)15(18)22)17-9-3-2-8-16(12,17)10-4-5-11-17/h2-3,6-9,12-13H,4-5,10-11H2,1H3/t12-,13-,16-,17+/m0/s1. The summed E-state index contributed by atoms with van der Waals surface area (Å²) in [6, 6.07) is -0.110. The summed E-state index contributed by atoms with van der Waals surface area (Å²) < 4.78 is 4.66. The second kappa shape index (κ2) is 3.65. The van der Waals surface area contributed by atoms with Crippen LogP contribution in [-0.4, -0.2) is 13.9 Å². The summed E-state index contributed by atoms with van der Waals surface area (Å²) >= 11 is 0. The Balaban J connectivity index is 1.92. The van der Waals surface area contributed by atoms with E-state index < -0.39 is 0 Å². The number of rotatable bonds is 0. The van der Waals surface area contributed by atoms with Crippen molar-refractivity contribution in [3.05, 3.63) is 57.4 Å². The summed E-state index contributed by atoms with van der Waals surface area (Å²) in [5.74, 6) is 0. The third-order valence-electron chi connectivity index (χ3n) is 6.45. The van der Waals surface area contributed by atoms with E-state index >= 15 is 0 Å². The van der Waals surface area contributed by atoms with Gasteiger partial charge in [-0.2, -0.15) is 0 Å². The zero-order valence-corrected chi connectivity index (χ0v) is 12.6. The van der Waals surface area contributed by atoms with E-state index in [0.29, 0.717) is 0 Å². The van der Waals surface area contributed by atoms with Gasteiger partial charge in [0, 0.05) is 17.9 Å². The van der Waals surface area contributed by atoms with E-state index in [9.17, 15) is 9.59 Å². The van der Waals surface area contributed by atoms with Crippen molar-refractivity contribution in [1.82, 2.24) is 13.9 Å². The van der Waals surface area contributed by atoms with E-state index in [1.165, 1.54) is 17.4 Å². The van der Waals surface area contributed by atoms with Crippen molar-refractivity contribution in [3.63, 3.8) is 0 Å². The summed E-state index contributed by atoms with van der Waals surface area (Å²) in [4.78, 5) is 25.2. The lowest BCUT2D eigenvalue weighted by Gasteiger charge is -2.63. The van der Waals surface area contributed by atoms with Crippen molar-refractivity contribution in [2.45, 2.75) is 37.8 Å². The smallest absolute Gasteiger partial charge is 0.246 e. The SMILES string of the molecule is Cn1c(=O)n2n(c1=O)[C@H]1C=C[C@H]2[C@@]23C=CC=C[C@@]12CCCC3. The van der Waals surface area contributed by atoms with Gasteiger partial charge in [-0.25, -0.2) is 23.5 Å². The predicted octanol–water partition coefficient (Wildman–Crippen LogP) is 1.69. The zero-order chi connectivity index (χ0) is 15.1. The van der Waals surface area contributed by atoms with Gasteiger partial charge in [0.15, 0.2) is 0 Å². The van der Waals surface area contributed by atoms with Gasteiger partial charge < -0.3 is 0 Å². The first kappa shape index (κ1) is 12.5. The van der Waals surface area contributed by atoms with Crippen molar-refractivity contribution in [3.8, 4) is 0 Å². The Bertz CT molecular complexity index is 811. The molecule has 0 N–H and O–H groups in total. The Morgan fingerprint density at radius 1 is 0.909 bits per heavy atom. The maximum atomic E-state index is 12.6. The molecule has 0 unspecified atom stereocenters. The first-order chi connectivity index (χ1) is 10.6. The number of aromatic nitrogens is 3. The van der Waals surface area contributed by atoms with Crippen molar-refractivity contribution in [2.75, 3.05) is 0 Å². The van der Waals surface area contributed by atoms with E-state index in [2.05, 4.69) is 36.5 Å². The third kappa shape index (κ3) is 1.06. The summed E-state index contributed by atoms with van der Waals surface area (Å²) in [6.45, 7) is 0. The molecular formula is C17H19N3O2. The van der Waals surface area contributed by atoms with Crippen LogP contribution in [0.1, 0.15) is 37.8 Å². The second-order valence-electron chi connectivity index (χ2n) is 7.09. The summed E-state index contributed by atoms with van der Waals surface area (Å²) in [5.41, 5.74) is -0.504. The predicted molar refractivity (Wildman–Crippen MR) is 82.8 cm³/mol. The van der Waals surface area contributed by atoms with Crippen LogP contribution >= 0.6 is 0 Å². The lowest BCUT2D eigenvalue weighted by Crippen LogP contribution is -2.62. The Morgan fingerprint density at radius 3 is 1.82 bits per heavy atom. The summed E-state index contributed by atoms with van der Waals surface area (Å²) in [7, 11) is 1.58. The Morgan fingerprint density at radius 2 is 1.36 bits per heavy atom. The molecule has 22 heavy (non-hydrogen) atoms. The van der Waals surface area contributed by atoms with Gasteiger partial charge >= 0.3 is 11.4 Å². The van der Waals surface area contributed by atoms with E-state index in [-0.39, 0.29) is 34.3 Å². The molecule has 2 aliphatic heterocycles. The van der Waals surface area contributed by atoms with E-state index in [1.54, 1.807) is 16.4 Å². The molecule has 0 saturated heterocycles. The third-order valence-corrected chi connectivity index (χ3v) is 6.45. The topological polar surface area (TPSA) is 48.9 Å². The fourth-order valence-electron chi connectivity index (χ4n) is 5.51. The van der Waals surface area contributed by atoms with Gasteiger partial charge in [0.2, 0.25) is 0 Å². The van der Waals surface area contributed by atoms with E-state index in [1.807, 2.05) is 0 Å². The second-order valence-corrected chi connectivity index (χ2v) is 7.09. The first-order valence-corrected chi connectivity index (χ1v) is 8.08. The van der Waals surface area contributed by atoms with E-state index in [0.717, 1.165) is 12.8 Å². The largest absolute Gasteiger partial charge is 0.347 e. The average Bonchev–Trinajstić information content (AvgIpc) is 2.80. The van der Waals surface area contributed by atoms with Crippen molar-refractivity contribution in [2.24, 2.45) is 17.9 Å². The molecule has 3 heterocycles. The van der Waals surface area contributed by atoms with Crippen molar-refractivity contribution in [1.29, 1.82) is 0 Å². The lowest BCUT2D eigenvalue weighted by atomic mass is 9.46. The highest BCUT2D eigenvalue weighted by molar-refractivity contribution is 5.38. The molecule has 1 saturated carbocycles. The van der Waals surface area contributed by atoms with Crippen LogP contribution in [0.15, 0.2) is 46.0 Å². The molecule has 1 aromatic heterocycles. The highest BCUT2D eigenvalue weighted by Crippen LogP contribution is 2.68. The van der Waals surface area contributed by atoms with Crippen LogP contribution < -0.4 is 11.4 Å². The number of allylic oxidation sites excluding steroid dienone is 6. The first-order valence-electron chi connectivity index (χ1n) is 8.08. The van der Waals surface area contributed by atoms with Crippen molar-refractivity contribution < 1.29 is 0 Å². The lowest BCUT2D eigenvalue weighted by molar-refractivity contribution is -0.0583. The number of hydrogen-bond acceptors (Lipinski definition) is 2. The highest BCUT2D eigenvalue weighted by atomic mass is 16.2. The molecule has 0 spiro atoms. The van der Waals surface area contributed by atoms with Gasteiger partial charge in [-0.3, -0.25) is 0 Å². The van der Waals surface area contributed by atoms with Crippen LogP contribution in [0.3, 0.4) is 0 Å². The van der Waals surface area contributed by atoms with Crippen LogP contribution in [0, 0.1) is 10.8 Å². The molecular weight excluding hydrogens is 278 g/mol. The number of nitrogens with zero attached hydrogens (tertiary/aromatic N) is 3. The van der Waals surface area contributed by atoms with Gasteiger partial charge in [-0.05, 0) is 12.8 Å². The minimum atomic E-state index is -0.194. The molecule has 6 rings (SSSR count). The minimum absolute atomic E-state index is 0.0552. The molecule has 5 nitrogen and oxygen atoms in total. The van der Waals surface area contributed by atoms with Crippen LogP contribution in [0.5, 0.6) is 0 Å². The monoisotopic (exact) mass is 297 g/mol. The molecule has 4 atom stereocenters. The summed E-state index contributed by atoms with van der Waals surface area (Å²) in [6.07, 6.45) is 17.7. The molecule has 0 amide bonds. The molecule has 1 fully saturated rings. The maximum absolute atomic E-state index is 12.6. The van der Waals surface area contributed by atoms with Gasteiger partial charge in [-0.1, -0.05) is 49.3 Å². The Labute approximate surface area is 127 Å². The molecule has 0 radical (unpaired) electrons. The average molecular weight is 297 g/mol. The van der Waals surface area contributed by atoms with E-state index in [4.69, 9.17) is 0 Å².